The fraction of sp³-hybridized carbons (Fsp3) is 0.500. The molecule has 1 aromatic rings. The largest absolute Gasteiger partial charge is 0.386 e. The van der Waals surface area contributed by atoms with Gasteiger partial charge in [0.15, 0.2) is 5.82 Å². The average Bonchev–Trinajstić information content (AvgIpc) is 2.47. The van der Waals surface area contributed by atoms with Crippen molar-refractivity contribution in [3.05, 3.63) is 33.6 Å². The summed E-state index contributed by atoms with van der Waals surface area (Å²) in [6.45, 7) is 3.88. The van der Waals surface area contributed by atoms with E-state index in [1.165, 1.54) is 18.0 Å². The lowest BCUT2D eigenvalue weighted by molar-refractivity contribution is -0.385. The Kier molecular flexibility index (Phi) is 5.63. The maximum absolute atomic E-state index is 13.7. The van der Waals surface area contributed by atoms with Gasteiger partial charge in [-0.05, 0) is 18.9 Å². The van der Waals surface area contributed by atoms with Gasteiger partial charge in [-0.25, -0.2) is 4.39 Å². The maximum atomic E-state index is 13.7. The third kappa shape index (κ3) is 3.48. The van der Waals surface area contributed by atoms with Crippen molar-refractivity contribution in [3.63, 3.8) is 0 Å². The molecule has 0 atom stereocenters. The number of nitro groups is 1. The van der Waals surface area contributed by atoms with E-state index < -0.39 is 22.3 Å². The summed E-state index contributed by atoms with van der Waals surface area (Å²) in [6.07, 6.45) is 1.49. The van der Waals surface area contributed by atoms with E-state index in [9.17, 15) is 19.3 Å². The monoisotopic (exact) mass is 297 g/mol. The Morgan fingerprint density at radius 2 is 2.00 bits per heavy atom. The third-order valence-electron chi connectivity index (χ3n) is 3.59. The summed E-state index contributed by atoms with van der Waals surface area (Å²) in [7, 11) is 3.09. The van der Waals surface area contributed by atoms with Crippen LogP contribution in [0, 0.1) is 15.9 Å². The molecule has 0 saturated carbocycles. The van der Waals surface area contributed by atoms with Crippen molar-refractivity contribution in [3.8, 4) is 0 Å². The molecule has 0 fully saturated rings. The summed E-state index contributed by atoms with van der Waals surface area (Å²) in [5.41, 5.74) is -0.573. The Bertz CT molecular complexity index is 545. The van der Waals surface area contributed by atoms with E-state index in [1.54, 1.807) is 7.05 Å². The van der Waals surface area contributed by atoms with E-state index in [0.29, 0.717) is 0 Å². The maximum Gasteiger partial charge on any atom is 0.285 e. The van der Waals surface area contributed by atoms with E-state index in [4.69, 9.17) is 0 Å². The van der Waals surface area contributed by atoms with Crippen molar-refractivity contribution in [2.75, 3.05) is 19.4 Å². The number of anilines is 1. The van der Waals surface area contributed by atoms with E-state index in [1.807, 2.05) is 13.8 Å². The van der Waals surface area contributed by atoms with Crippen LogP contribution in [0.5, 0.6) is 0 Å². The molecular formula is C14H20FN3O3. The molecule has 0 heterocycles. The van der Waals surface area contributed by atoms with Crippen LogP contribution >= 0.6 is 0 Å². The zero-order chi connectivity index (χ0) is 16.2. The van der Waals surface area contributed by atoms with Crippen LogP contribution < -0.4 is 5.32 Å². The summed E-state index contributed by atoms with van der Waals surface area (Å²) in [6, 6.07) is 1.95. The highest BCUT2D eigenvalue weighted by atomic mass is 19.1. The first-order chi connectivity index (χ1) is 9.87. The minimum Gasteiger partial charge on any atom is -0.386 e. The Hall–Kier alpha value is -2.18. The number of halogens is 1. The van der Waals surface area contributed by atoms with Gasteiger partial charge in [-0.1, -0.05) is 13.8 Å². The summed E-state index contributed by atoms with van der Waals surface area (Å²) in [4.78, 5) is 24.3. The Balaban J connectivity index is 3.33. The summed E-state index contributed by atoms with van der Waals surface area (Å²) < 4.78 is 13.7. The van der Waals surface area contributed by atoms with Crippen LogP contribution in [0.1, 0.15) is 37.0 Å². The molecule has 1 N–H and O–H groups in total. The van der Waals surface area contributed by atoms with Gasteiger partial charge in [0.1, 0.15) is 5.56 Å². The normalized spacial score (nSPS) is 10.6. The molecule has 1 amide bonds. The van der Waals surface area contributed by atoms with Gasteiger partial charge in [0.05, 0.1) is 16.7 Å². The average molecular weight is 297 g/mol. The molecule has 1 aromatic carbocycles. The third-order valence-corrected chi connectivity index (χ3v) is 3.59. The van der Waals surface area contributed by atoms with Crippen LogP contribution in [-0.4, -0.2) is 35.9 Å². The number of benzene rings is 1. The van der Waals surface area contributed by atoms with Crippen LogP contribution in [-0.2, 0) is 0 Å². The van der Waals surface area contributed by atoms with Gasteiger partial charge in [0.25, 0.3) is 11.6 Å². The molecule has 0 aromatic heterocycles. The molecule has 0 spiro atoms. The molecule has 1 rings (SSSR count). The van der Waals surface area contributed by atoms with Crippen molar-refractivity contribution < 1.29 is 14.1 Å². The molecule has 21 heavy (non-hydrogen) atoms. The lowest BCUT2D eigenvalue weighted by atomic mass is 10.1. The Morgan fingerprint density at radius 3 is 2.43 bits per heavy atom. The molecular weight excluding hydrogens is 277 g/mol. The number of carbonyl (C=O) groups excluding carboxylic acids is 1. The second-order valence-electron chi connectivity index (χ2n) is 4.74. The highest BCUT2D eigenvalue weighted by Crippen LogP contribution is 2.27. The van der Waals surface area contributed by atoms with E-state index in [0.717, 1.165) is 18.9 Å². The number of hydrogen-bond donors (Lipinski definition) is 1. The predicted molar refractivity (Wildman–Crippen MR) is 79.1 cm³/mol. The fourth-order valence-electron chi connectivity index (χ4n) is 2.27. The smallest absolute Gasteiger partial charge is 0.285 e. The number of nitrogens with one attached hydrogen (secondary N) is 1. The van der Waals surface area contributed by atoms with Crippen molar-refractivity contribution in [2.24, 2.45) is 0 Å². The van der Waals surface area contributed by atoms with Crippen molar-refractivity contribution in [1.29, 1.82) is 0 Å². The van der Waals surface area contributed by atoms with E-state index in [2.05, 4.69) is 5.32 Å². The van der Waals surface area contributed by atoms with Crippen LogP contribution in [0.25, 0.3) is 0 Å². The van der Waals surface area contributed by atoms with Gasteiger partial charge in [0, 0.05) is 20.1 Å². The minimum absolute atomic E-state index is 0.0137. The van der Waals surface area contributed by atoms with E-state index in [-0.39, 0.29) is 17.3 Å². The van der Waals surface area contributed by atoms with Crippen LogP contribution in [0.2, 0.25) is 0 Å². The first kappa shape index (κ1) is 16.9. The zero-order valence-corrected chi connectivity index (χ0v) is 12.6. The van der Waals surface area contributed by atoms with E-state index >= 15 is 0 Å². The molecule has 6 nitrogen and oxygen atoms in total. The molecule has 0 aliphatic heterocycles. The number of rotatable bonds is 6. The lowest BCUT2D eigenvalue weighted by Gasteiger charge is -2.26. The van der Waals surface area contributed by atoms with Gasteiger partial charge < -0.3 is 10.2 Å². The Morgan fingerprint density at radius 1 is 1.43 bits per heavy atom. The molecule has 0 radical (unpaired) electrons. The molecule has 116 valence electrons. The molecule has 0 unspecified atom stereocenters. The van der Waals surface area contributed by atoms with Crippen molar-refractivity contribution >= 4 is 17.3 Å². The molecule has 0 saturated heterocycles. The van der Waals surface area contributed by atoms with Gasteiger partial charge >= 0.3 is 0 Å². The number of carbonyl (C=O) groups is 1. The fourth-order valence-corrected chi connectivity index (χ4v) is 2.27. The number of amides is 1. The summed E-state index contributed by atoms with van der Waals surface area (Å²) in [5.74, 6) is -1.24. The van der Waals surface area contributed by atoms with Crippen molar-refractivity contribution in [1.82, 2.24) is 4.90 Å². The summed E-state index contributed by atoms with van der Waals surface area (Å²) >= 11 is 0. The molecule has 0 aliphatic carbocycles. The van der Waals surface area contributed by atoms with Gasteiger partial charge in [0.2, 0.25) is 0 Å². The SMILES string of the molecule is CCC(CC)N(C)C(=O)c1cc(NC)c(F)cc1[N+](=O)[O-]. The second-order valence-corrected chi connectivity index (χ2v) is 4.74. The topological polar surface area (TPSA) is 75.5 Å². The van der Waals surface area contributed by atoms with Crippen LogP contribution in [0.4, 0.5) is 15.8 Å². The Labute approximate surface area is 123 Å². The molecule has 0 bridgehead atoms. The second kappa shape index (κ2) is 7.01. The van der Waals surface area contributed by atoms with Crippen LogP contribution in [0.3, 0.4) is 0 Å². The van der Waals surface area contributed by atoms with Gasteiger partial charge in [-0.3, -0.25) is 14.9 Å². The van der Waals surface area contributed by atoms with Crippen molar-refractivity contribution in [2.45, 2.75) is 32.7 Å². The number of hydrogen-bond acceptors (Lipinski definition) is 4. The van der Waals surface area contributed by atoms with Gasteiger partial charge in [-0.15, -0.1) is 0 Å². The lowest BCUT2D eigenvalue weighted by Crippen LogP contribution is -2.36. The van der Waals surface area contributed by atoms with Gasteiger partial charge in [-0.2, -0.15) is 0 Å². The number of nitrogens with zero attached hydrogens (tertiary/aromatic N) is 2. The highest BCUT2D eigenvalue weighted by Gasteiger charge is 2.27. The minimum atomic E-state index is -0.758. The first-order valence-electron chi connectivity index (χ1n) is 6.80. The predicted octanol–water partition coefficient (Wildman–Crippen LogP) is 3.04. The standard InChI is InChI=1S/C14H20FN3O3/c1-5-9(6-2)17(4)14(19)10-7-12(16-3)11(15)8-13(10)18(20)21/h7-9,16H,5-6H2,1-4H3. The zero-order valence-electron chi connectivity index (χ0n) is 12.6. The quantitative estimate of drug-likeness (QED) is 0.647. The first-order valence-corrected chi connectivity index (χ1v) is 6.80. The van der Waals surface area contributed by atoms with Crippen LogP contribution in [0.15, 0.2) is 12.1 Å². The molecule has 0 aliphatic rings. The highest BCUT2D eigenvalue weighted by molar-refractivity contribution is 5.99. The summed E-state index contributed by atoms with van der Waals surface area (Å²) in [5, 5.41) is 13.6. The molecule has 7 heteroatoms. The number of nitro benzene ring substituents is 1.